The van der Waals surface area contributed by atoms with E-state index in [-0.39, 0.29) is 0 Å². The van der Waals surface area contributed by atoms with E-state index in [4.69, 9.17) is 20.5 Å². The van der Waals surface area contributed by atoms with Gasteiger partial charge in [0.1, 0.15) is 5.52 Å². The van der Waals surface area contributed by atoms with Gasteiger partial charge in [-0.05, 0) is 18.2 Å². The van der Waals surface area contributed by atoms with E-state index in [2.05, 4.69) is 15.1 Å². The van der Waals surface area contributed by atoms with E-state index in [1.54, 1.807) is 18.2 Å². The molecule has 0 aliphatic carbocycles. The Labute approximate surface area is 140 Å². The summed E-state index contributed by atoms with van der Waals surface area (Å²) in [6.45, 7) is 0. The molecule has 4 aromatic rings. The molecular weight excluding hydrogens is 334 g/mol. The first-order valence-corrected chi connectivity index (χ1v) is 8.21. The molecule has 2 heterocycles. The Morgan fingerprint density at radius 2 is 1.91 bits per heavy atom. The Morgan fingerprint density at radius 1 is 1.04 bits per heavy atom. The second kappa shape index (κ2) is 6.06. The largest absolute Gasteiger partial charge is 0.431 e. The van der Waals surface area contributed by atoms with Crippen molar-refractivity contribution in [1.29, 1.82) is 0 Å². The summed E-state index contributed by atoms with van der Waals surface area (Å²) < 4.78 is 10.9. The smallest absolute Gasteiger partial charge is 0.257 e. The highest BCUT2D eigenvalue weighted by Crippen LogP contribution is 2.28. The number of fused-ring (bicyclic) bond motifs is 1. The van der Waals surface area contributed by atoms with Gasteiger partial charge in [-0.2, -0.15) is 4.98 Å². The number of halogens is 1. The molecule has 0 saturated carbocycles. The highest BCUT2D eigenvalue weighted by atomic mass is 35.5. The first-order chi connectivity index (χ1) is 11.3. The van der Waals surface area contributed by atoms with Crippen LogP contribution in [0.25, 0.3) is 22.5 Å². The van der Waals surface area contributed by atoms with Crippen molar-refractivity contribution in [2.75, 3.05) is 0 Å². The van der Waals surface area contributed by atoms with E-state index in [0.717, 1.165) is 11.1 Å². The highest BCUT2D eigenvalue weighted by Gasteiger charge is 2.12. The lowest BCUT2D eigenvalue weighted by Crippen LogP contribution is -1.82. The van der Waals surface area contributed by atoms with Gasteiger partial charge in [0.15, 0.2) is 5.58 Å². The van der Waals surface area contributed by atoms with Crippen LogP contribution in [0.15, 0.2) is 62.7 Å². The minimum absolute atomic E-state index is 0.486. The first-order valence-electron chi connectivity index (χ1n) is 6.85. The van der Waals surface area contributed by atoms with E-state index >= 15 is 0 Å². The summed E-state index contributed by atoms with van der Waals surface area (Å²) in [5.74, 6) is 1.58. The van der Waals surface area contributed by atoms with Gasteiger partial charge in [-0.1, -0.05) is 58.9 Å². The molecule has 23 heavy (non-hydrogen) atoms. The monoisotopic (exact) mass is 343 g/mol. The van der Waals surface area contributed by atoms with Crippen LogP contribution in [0.4, 0.5) is 0 Å². The summed E-state index contributed by atoms with van der Waals surface area (Å²) in [6.07, 6.45) is 0. The predicted octanol–water partition coefficient (Wildman–Crippen LogP) is 4.82. The fourth-order valence-electron chi connectivity index (χ4n) is 2.08. The Bertz CT molecular complexity index is 952. The number of nitrogens with zero attached hydrogens (tertiary/aromatic N) is 3. The number of oxazole rings is 1. The van der Waals surface area contributed by atoms with Crippen molar-refractivity contribution in [2.45, 2.75) is 11.0 Å². The molecule has 4 rings (SSSR count). The normalized spacial score (nSPS) is 11.2. The summed E-state index contributed by atoms with van der Waals surface area (Å²) in [4.78, 5) is 8.75. The van der Waals surface area contributed by atoms with Crippen molar-refractivity contribution < 1.29 is 8.94 Å². The lowest BCUT2D eigenvalue weighted by atomic mass is 10.2. The topological polar surface area (TPSA) is 65.0 Å². The van der Waals surface area contributed by atoms with Crippen LogP contribution in [0.2, 0.25) is 5.02 Å². The average molecular weight is 344 g/mol. The number of rotatable bonds is 4. The number of benzene rings is 2. The highest BCUT2D eigenvalue weighted by molar-refractivity contribution is 7.98. The maximum Gasteiger partial charge on any atom is 0.257 e. The summed E-state index contributed by atoms with van der Waals surface area (Å²) >= 11 is 7.34. The molecule has 0 atom stereocenters. The zero-order chi connectivity index (χ0) is 15.6. The third kappa shape index (κ3) is 3.09. The molecule has 0 bridgehead atoms. The van der Waals surface area contributed by atoms with Crippen molar-refractivity contribution in [3.63, 3.8) is 0 Å². The van der Waals surface area contributed by atoms with E-state index in [1.807, 2.05) is 30.3 Å². The van der Waals surface area contributed by atoms with Crippen LogP contribution in [0.5, 0.6) is 0 Å². The standard InChI is InChI=1S/C16H10ClN3O2S/c17-11-6-7-13-12(8-11)18-16(21-13)23-9-14-19-15(20-22-14)10-4-2-1-3-5-10/h1-8H,9H2. The second-order valence-electron chi connectivity index (χ2n) is 4.76. The zero-order valence-corrected chi connectivity index (χ0v) is 13.3. The Balaban J connectivity index is 1.49. The Hall–Kier alpha value is -2.31. The number of thioether (sulfide) groups is 1. The summed E-state index contributed by atoms with van der Waals surface area (Å²) in [5.41, 5.74) is 2.35. The molecule has 5 nitrogen and oxygen atoms in total. The molecule has 0 spiro atoms. The van der Waals surface area contributed by atoms with Gasteiger partial charge in [-0.15, -0.1) is 0 Å². The van der Waals surface area contributed by atoms with Crippen molar-refractivity contribution in [3.8, 4) is 11.4 Å². The molecule has 0 unspecified atom stereocenters. The van der Waals surface area contributed by atoms with E-state index in [1.165, 1.54) is 11.8 Å². The summed E-state index contributed by atoms with van der Waals surface area (Å²) in [5, 5.41) is 5.16. The van der Waals surface area contributed by atoms with Crippen LogP contribution in [0.3, 0.4) is 0 Å². The fourth-order valence-corrected chi connectivity index (χ4v) is 2.92. The van der Waals surface area contributed by atoms with Crippen LogP contribution in [-0.4, -0.2) is 15.1 Å². The van der Waals surface area contributed by atoms with Gasteiger partial charge in [-0.3, -0.25) is 0 Å². The molecule has 0 amide bonds. The minimum atomic E-state index is 0.486. The summed E-state index contributed by atoms with van der Waals surface area (Å²) in [7, 11) is 0. The van der Waals surface area contributed by atoms with E-state index < -0.39 is 0 Å². The molecule has 7 heteroatoms. The van der Waals surface area contributed by atoms with Crippen molar-refractivity contribution >= 4 is 34.5 Å². The molecule has 2 aromatic heterocycles. The van der Waals surface area contributed by atoms with Crippen LogP contribution in [0, 0.1) is 0 Å². The van der Waals surface area contributed by atoms with E-state index in [0.29, 0.717) is 33.3 Å². The van der Waals surface area contributed by atoms with Crippen LogP contribution >= 0.6 is 23.4 Å². The van der Waals surface area contributed by atoms with Gasteiger partial charge in [0, 0.05) is 10.6 Å². The third-order valence-electron chi connectivity index (χ3n) is 3.15. The molecule has 0 fully saturated rings. The van der Waals surface area contributed by atoms with Gasteiger partial charge in [0.05, 0.1) is 5.75 Å². The molecule has 114 valence electrons. The molecule has 0 N–H and O–H groups in total. The van der Waals surface area contributed by atoms with Crippen LogP contribution in [-0.2, 0) is 5.75 Å². The number of hydrogen-bond donors (Lipinski definition) is 0. The second-order valence-corrected chi connectivity index (χ2v) is 6.12. The van der Waals surface area contributed by atoms with Gasteiger partial charge in [0.25, 0.3) is 5.22 Å². The maximum absolute atomic E-state index is 5.94. The van der Waals surface area contributed by atoms with Crippen LogP contribution < -0.4 is 0 Å². The lowest BCUT2D eigenvalue weighted by molar-refractivity contribution is 0.391. The minimum Gasteiger partial charge on any atom is -0.431 e. The predicted molar refractivity (Wildman–Crippen MR) is 88.3 cm³/mol. The van der Waals surface area contributed by atoms with Crippen molar-refractivity contribution in [3.05, 3.63) is 59.4 Å². The molecule has 0 aliphatic rings. The first kappa shape index (κ1) is 14.3. The molecule has 0 aliphatic heterocycles. The van der Waals surface area contributed by atoms with Crippen molar-refractivity contribution in [2.24, 2.45) is 0 Å². The zero-order valence-electron chi connectivity index (χ0n) is 11.8. The van der Waals surface area contributed by atoms with Crippen molar-refractivity contribution in [1.82, 2.24) is 15.1 Å². The lowest BCUT2D eigenvalue weighted by Gasteiger charge is -1.91. The SMILES string of the molecule is Clc1ccc2oc(SCc3nc(-c4ccccc4)no3)nc2c1. The van der Waals surface area contributed by atoms with Crippen LogP contribution in [0.1, 0.15) is 5.89 Å². The molecule has 0 saturated heterocycles. The molecule has 0 radical (unpaired) electrons. The number of hydrogen-bond acceptors (Lipinski definition) is 6. The van der Waals surface area contributed by atoms with Gasteiger partial charge in [-0.25, -0.2) is 4.98 Å². The van der Waals surface area contributed by atoms with E-state index in [9.17, 15) is 0 Å². The summed E-state index contributed by atoms with van der Waals surface area (Å²) in [6, 6.07) is 15.0. The maximum atomic E-state index is 5.94. The average Bonchev–Trinajstić information content (AvgIpc) is 3.20. The molecular formula is C16H10ClN3O2S. The van der Waals surface area contributed by atoms with Gasteiger partial charge < -0.3 is 8.94 Å². The van der Waals surface area contributed by atoms with Gasteiger partial charge >= 0.3 is 0 Å². The molecule has 2 aromatic carbocycles. The number of aromatic nitrogens is 3. The quantitative estimate of drug-likeness (QED) is 0.495. The Morgan fingerprint density at radius 3 is 2.78 bits per heavy atom. The Kier molecular flexibility index (Phi) is 3.77. The third-order valence-corrected chi connectivity index (χ3v) is 4.20. The van der Waals surface area contributed by atoms with Gasteiger partial charge in [0.2, 0.25) is 11.7 Å². The fraction of sp³-hybridized carbons (Fsp3) is 0.0625.